The normalized spacial score (nSPS) is 12.4. The summed E-state index contributed by atoms with van der Waals surface area (Å²) in [6.45, 7) is 5.42. The number of halogens is 2. The van der Waals surface area contributed by atoms with Crippen molar-refractivity contribution in [3.05, 3.63) is 69.2 Å². The zero-order valence-electron chi connectivity index (χ0n) is 16.4. The predicted molar refractivity (Wildman–Crippen MR) is 118 cm³/mol. The fourth-order valence-electron chi connectivity index (χ4n) is 2.70. The van der Waals surface area contributed by atoms with Gasteiger partial charge in [0, 0.05) is 25.7 Å². The number of nitrogens with zero attached hydrogens (tertiary/aromatic N) is 1. The fourth-order valence-corrected chi connectivity index (χ4v) is 3.01. The summed E-state index contributed by atoms with van der Waals surface area (Å²) >= 11 is 12.1. The maximum Gasteiger partial charge on any atom is 0.251 e. The van der Waals surface area contributed by atoms with E-state index in [1.807, 2.05) is 44.2 Å². The molecule has 0 heterocycles. The minimum atomic E-state index is -0.0872. The molecular formula is C21H26Cl2N4O. The van der Waals surface area contributed by atoms with Gasteiger partial charge in [0.25, 0.3) is 5.91 Å². The van der Waals surface area contributed by atoms with E-state index in [1.165, 1.54) is 0 Å². The van der Waals surface area contributed by atoms with Gasteiger partial charge in [-0.15, -0.1) is 0 Å². The minimum Gasteiger partial charge on any atom is -0.357 e. The number of carbonyl (C=O) groups is 1. The van der Waals surface area contributed by atoms with E-state index in [0.29, 0.717) is 22.2 Å². The molecule has 1 unspecified atom stereocenters. The molecule has 0 saturated heterocycles. The molecule has 0 fully saturated rings. The van der Waals surface area contributed by atoms with E-state index in [-0.39, 0.29) is 11.9 Å². The first-order chi connectivity index (χ1) is 13.4. The van der Waals surface area contributed by atoms with Crippen LogP contribution in [0.25, 0.3) is 0 Å². The van der Waals surface area contributed by atoms with E-state index >= 15 is 0 Å². The third-order valence-corrected chi connectivity index (χ3v) is 4.97. The van der Waals surface area contributed by atoms with Crippen LogP contribution in [0.4, 0.5) is 0 Å². The van der Waals surface area contributed by atoms with Gasteiger partial charge in [-0.05, 0) is 55.7 Å². The van der Waals surface area contributed by atoms with Crippen molar-refractivity contribution >= 4 is 35.1 Å². The van der Waals surface area contributed by atoms with Crippen LogP contribution in [0.5, 0.6) is 0 Å². The molecule has 0 spiro atoms. The number of amides is 1. The van der Waals surface area contributed by atoms with Crippen LogP contribution in [0, 0.1) is 0 Å². The van der Waals surface area contributed by atoms with Crippen molar-refractivity contribution in [2.45, 2.75) is 26.3 Å². The second kappa shape index (κ2) is 10.9. The summed E-state index contributed by atoms with van der Waals surface area (Å²) in [6, 6.07) is 13.2. The molecule has 0 bridgehead atoms. The number of guanidine groups is 1. The molecule has 0 radical (unpaired) electrons. The van der Waals surface area contributed by atoms with E-state index in [1.54, 1.807) is 19.2 Å². The average molecular weight is 421 g/mol. The lowest BCUT2D eigenvalue weighted by atomic mass is 10.1. The van der Waals surface area contributed by atoms with Gasteiger partial charge in [-0.3, -0.25) is 9.79 Å². The highest BCUT2D eigenvalue weighted by atomic mass is 35.5. The molecule has 3 N–H and O–H groups in total. The second-order valence-electron chi connectivity index (χ2n) is 6.33. The van der Waals surface area contributed by atoms with Crippen LogP contribution in [0.3, 0.4) is 0 Å². The number of rotatable bonds is 7. The lowest BCUT2D eigenvalue weighted by Crippen LogP contribution is -2.38. The molecule has 0 aliphatic carbocycles. The molecule has 2 aromatic carbocycles. The Bertz CT molecular complexity index is 839. The molecule has 1 atom stereocenters. The Balaban J connectivity index is 2.01. The summed E-state index contributed by atoms with van der Waals surface area (Å²) in [5, 5.41) is 10.3. The summed E-state index contributed by atoms with van der Waals surface area (Å²) in [5.74, 6) is 0.638. The zero-order valence-corrected chi connectivity index (χ0v) is 17.9. The monoisotopic (exact) mass is 420 g/mol. The molecule has 0 saturated carbocycles. The highest BCUT2D eigenvalue weighted by Crippen LogP contribution is 2.25. The molecule has 0 aliphatic rings. The number of hydrogen-bond donors (Lipinski definition) is 3. The molecule has 2 rings (SSSR count). The van der Waals surface area contributed by atoms with Gasteiger partial charge in [-0.2, -0.15) is 0 Å². The van der Waals surface area contributed by atoms with Crippen molar-refractivity contribution in [2.24, 2.45) is 4.99 Å². The van der Waals surface area contributed by atoms with E-state index in [2.05, 4.69) is 20.9 Å². The lowest BCUT2D eigenvalue weighted by Gasteiger charge is -2.18. The van der Waals surface area contributed by atoms with Crippen LogP contribution < -0.4 is 16.0 Å². The number of nitrogens with one attached hydrogen (secondary N) is 3. The van der Waals surface area contributed by atoms with Gasteiger partial charge in [-0.25, -0.2) is 0 Å². The molecule has 2 aromatic rings. The van der Waals surface area contributed by atoms with Gasteiger partial charge >= 0.3 is 0 Å². The largest absolute Gasteiger partial charge is 0.357 e. The van der Waals surface area contributed by atoms with Gasteiger partial charge in [0.05, 0.1) is 16.1 Å². The van der Waals surface area contributed by atoms with Crippen molar-refractivity contribution in [3.63, 3.8) is 0 Å². The maximum atomic E-state index is 11.8. The Morgan fingerprint density at radius 1 is 1.14 bits per heavy atom. The molecule has 0 aliphatic heterocycles. The molecular weight excluding hydrogens is 395 g/mol. The van der Waals surface area contributed by atoms with Gasteiger partial charge in [0.15, 0.2) is 5.96 Å². The Hall–Kier alpha value is -2.24. The van der Waals surface area contributed by atoms with Crippen LogP contribution in [-0.4, -0.2) is 32.0 Å². The minimum absolute atomic E-state index is 0.0177. The van der Waals surface area contributed by atoms with Gasteiger partial charge < -0.3 is 16.0 Å². The molecule has 150 valence electrons. The fraction of sp³-hybridized carbons (Fsp3) is 0.333. The van der Waals surface area contributed by atoms with E-state index in [4.69, 9.17) is 23.2 Å². The summed E-state index contributed by atoms with van der Waals surface area (Å²) in [6.07, 6.45) is 0.739. The first-order valence-corrected chi connectivity index (χ1v) is 10.0. The first kappa shape index (κ1) is 22.1. The maximum absolute atomic E-state index is 11.8. The smallest absolute Gasteiger partial charge is 0.251 e. The number of hydrogen-bond acceptors (Lipinski definition) is 2. The van der Waals surface area contributed by atoms with Crippen LogP contribution >= 0.6 is 23.2 Å². The second-order valence-corrected chi connectivity index (χ2v) is 7.14. The molecule has 5 nitrogen and oxygen atoms in total. The Morgan fingerprint density at radius 3 is 2.61 bits per heavy atom. The summed E-state index contributed by atoms with van der Waals surface area (Å²) in [4.78, 5) is 16.4. The van der Waals surface area contributed by atoms with E-state index in [0.717, 1.165) is 30.1 Å². The van der Waals surface area contributed by atoms with E-state index in [9.17, 15) is 4.79 Å². The average Bonchev–Trinajstić information content (AvgIpc) is 2.69. The van der Waals surface area contributed by atoms with Crippen molar-refractivity contribution in [3.8, 4) is 0 Å². The highest BCUT2D eigenvalue weighted by Gasteiger charge is 2.10. The number of aliphatic imine (C=N–C) groups is 1. The summed E-state index contributed by atoms with van der Waals surface area (Å²) in [7, 11) is 1.63. The topological polar surface area (TPSA) is 65.5 Å². The molecule has 0 aromatic heterocycles. The number of carbonyl (C=O) groups excluding carboxylic acids is 1. The highest BCUT2D eigenvalue weighted by molar-refractivity contribution is 6.42. The van der Waals surface area contributed by atoms with Crippen LogP contribution in [0.15, 0.2) is 47.5 Å². The van der Waals surface area contributed by atoms with Gasteiger partial charge in [-0.1, -0.05) is 41.4 Å². The summed E-state index contributed by atoms with van der Waals surface area (Å²) < 4.78 is 0. The SMILES string of the molecule is CCNC(=NCCc1cccc(C(=O)NC)c1)NC(C)c1ccc(Cl)c(Cl)c1. The number of benzene rings is 2. The van der Waals surface area contributed by atoms with Gasteiger partial charge in [0.1, 0.15) is 0 Å². The molecule has 28 heavy (non-hydrogen) atoms. The third kappa shape index (κ3) is 6.43. The lowest BCUT2D eigenvalue weighted by molar-refractivity contribution is 0.0963. The van der Waals surface area contributed by atoms with Gasteiger partial charge in [0.2, 0.25) is 0 Å². The van der Waals surface area contributed by atoms with Crippen LogP contribution in [0.1, 0.15) is 41.4 Å². The van der Waals surface area contributed by atoms with Crippen LogP contribution in [0.2, 0.25) is 10.0 Å². The third-order valence-electron chi connectivity index (χ3n) is 4.23. The van der Waals surface area contributed by atoms with Crippen molar-refractivity contribution < 1.29 is 4.79 Å². The van der Waals surface area contributed by atoms with Crippen molar-refractivity contribution in [2.75, 3.05) is 20.1 Å². The molecule has 7 heteroatoms. The predicted octanol–water partition coefficient (Wildman–Crippen LogP) is 4.21. The van der Waals surface area contributed by atoms with Crippen LogP contribution in [-0.2, 0) is 6.42 Å². The zero-order chi connectivity index (χ0) is 20.5. The van der Waals surface area contributed by atoms with E-state index < -0.39 is 0 Å². The van der Waals surface area contributed by atoms with Crippen molar-refractivity contribution in [1.82, 2.24) is 16.0 Å². The standard InChI is InChI=1S/C21H26Cl2N4O/c1-4-25-21(27-14(2)16-8-9-18(22)19(23)13-16)26-11-10-15-6-5-7-17(12-15)20(28)24-3/h5-9,12-14H,4,10-11H2,1-3H3,(H,24,28)(H2,25,26,27). The Labute approximate surface area is 176 Å². The first-order valence-electron chi connectivity index (χ1n) is 9.25. The quantitative estimate of drug-likeness (QED) is 0.464. The Kier molecular flexibility index (Phi) is 8.61. The van der Waals surface area contributed by atoms with Crippen molar-refractivity contribution in [1.29, 1.82) is 0 Å². The summed E-state index contributed by atoms with van der Waals surface area (Å²) in [5.41, 5.74) is 2.75. The Morgan fingerprint density at radius 2 is 1.93 bits per heavy atom. The molecule has 1 amide bonds.